The number of ether oxygens (including phenoxy) is 1. The summed E-state index contributed by atoms with van der Waals surface area (Å²) in [6, 6.07) is 12.9. The second kappa shape index (κ2) is 7.33. The van der Waals surface area contributed by atoms with Crippen LogP contribution in [0.25, 0.3) is 0 Å². The van der Waals surface area contributed by atoms with Crippen LogP contribution >= 0.6 is 11.6 Å². The van der Waals surface area contributed by atoms with Gasteiger partial charge in [0.25, 0.3) is 5.91 Å². The molecule has 1 aromatic heterocycles. The SMILES string of the molecule is O=C(COc1ccc(Cl)cc1)N1CCN(c2ccccn2)CC1. The molecule has 0 radical (unpaired) electrons. The Morgan fingerprint density at radius 2 is 1.83 bits per heavy atom. The average molecular weight is 332 g/mol. The van der Waals surface area contributed by atoms with Gasteiger partial charge in [-0.05, 0) is 36.4 Å². The number of pyridine rings is 1. The summed E-state index contributed by atoms with van der Waals surface area (Å²) in [5.74, 6) is 1.60. The molecule has 0 aliphatic carbocycles. The van der Waals surface area contributed by atoms with E-state index in [2.05, 4.69) is 9.88 Å². The quantitative estimate of drug-likeness (QED) is 0.863. The van der Waals surface area contributed by atoms with Crippen molar-refractivity contribution in [2.75, 3.05) is 37.7 Å². The third-order valence-electron chi connectivity index (χ3n) is 3.78. The Morgan fingerprint density at radius 3 is 2.48 bits per heavy atom. The molecule has 23 heavy (non-hydrogen) atoms. The van der Waals surface area contributed by atoms with Crippen LogP contribution in [-0.2, 0) is 4.79 Å². The van der Waals surface area contributed by atoms with Crippen LogP contribution < -0.4 is 9.64 Å². The molecular weight excluding hydrogens is 314 g/mol. The summed E-state index contributed by atoms with van der Waals surface area (Å²) in [6.07, 6.45) is 1.78. The maximum absolute atomic E-state index is 12.2. The number of nitrogens with zero attached hydrogens (tertiary/aromatic N) is 3. The molecule has 0 N–H and O–H groups in total. The van der Waals surface area contributed by atoms with Crippen molar-refractivity contribution >= 4 is 23.3 Å². The van der Waals surface area contributed by atoms with Crippen molar-refractivity contribution in [1.29, 1.82) is 0 Å². The van der Waals surface area contributed by atoms with E-state index in [1.54, 1.807) is 30.5 Å². The fraction of sp³-hybridized carbons (Fsp3) is 0.294. The van der Waals surface area contributed by atoms with Crippen molar-refractivity contribution in [1.82, 2.24) is 9.88 Å². The first-order chi connectivity index (χ1) is 11.2. The molecule has 1 aromatic carbocycles. The summed E-state index contributed by atoms with van der Waals surface area (Å²) in [5, 5.41) is 0.648. The van der Waals surface area contributed by atoms with Crippen LogP contribution in [0.15, 0.2) is 48.7 Å². The Hall–Kier alpha value is -2.27. The van der Waals surface area contributed by atoms with E-state index in [1.165, 1.54) is 0 Å². The second-order valence-electron chi connectivity index (χ2n) is 5.30. The van der Waals surface area contributed by atoms with Gasteiger partial charge >= 0.3 is 0 Å². The Kier molecular flexibility index (Phi) is 4.98. The lowest BCUT2D eigenvalue weighted by Gasteiger charge is -2.35. The maximum atomic E-state index is 12.2. The molecule has 1 aliphatic rings. The van der Waals surface area contributed by atoms with Gasteiger partial charge in [0, 0.05) is 37.4 Å². The highest BCUT2D eigenvalue weighted by molar-refractivity contribution is 6.30. The molecule has 0 bridgehead atoms. The number of carbonyl (C=O) groups is 1. The summed E-state index contributed by atoms with van der Waals surface area (Å²) >= 11 is 5.82. The van der Waals surface area contributed by atoms with E-state index in [-0.39, 0.29) is 12.5 Å². The van der Waals surface area contributed by atoms with Gasteiger partial charge in [0.15, 0.2) is 6.61 Å². The van der Waals surface area contributed by atoms with E-state index >= 15 is 0 Å². The van der Waals surface area contributed by atoms with E-state index in [9.17, 15) is 4.79 Å². The first kappa shape index (κ1) is 15.6. The number of carbonyl (C=O) groups excluding carboxylic acids is 1. The minimum atomic E-state index is 0.000575. The molecule has 5 nitrogen and oxygen atoms in total. The van der Waals surface area contributed by atoms with Gasteiger partial charge in [0.1, 0.15) is 11.6 Å². The van der Waals surface area contributed by atoms with Gasteiger partial charge in [0.2, 0.25) is 0 Å². The largest absolute Gasteiger partial charge is 0.484 e. The fourth-order valence-electron chi connectivity index (χ4n) is 2.49. The highest BCUT2D eigenvalue weighted by Crippen LogP contribution is 2.16. The highest BCUT2D eigenvalue weighted by atomic mass is 35.5. The Balaban J connectivity index is 1.47. The minimum Gasteiger partial charge on any atom is -0.484 e. The van der Waals surface area contributed by atoms with Crippen molar-refractivity contribution in [3.63, 3.8) is 0 Å². The van der Waals surface area contributed by atoms with Crippen LogP contribution in [0.1, 0.15) is 0 Å². The summed E-state index contributed by atoms with van der Waals surface area (Å²) in [6.45, 7) is 2.97. The van der Waals surface area contributed by atoms with Crippen LogP contribution in [0, 0.1) is 0 Å². The molecule has 0 spiro atoms. The lowest BCUT2D eigenvalue weighted by molar-refractivity contribution is -0.133. The van der Waals surface area contributed by atoms with Crippen LogP contribution in [-0.4, -0.2) is 48.6 Å². The topological polar surface area (TPSA) is 45.7 Å². The molecule has 120 valence electrons. The molecule has 1 aliphatic heterocycles. The molecule has 2 aromatic rings. The molecule has 3 rings (SSSR count). The summed E-state index contributed by atoms with van der Waals surface area (Å²) in [7, 11) is 0. The molecule has 1 fully saturated rings. The van der Waals surface area contributed by atoms with Crippen LogP contribution in [0.3, 0.4) is 0 Å². The van der Waals surface area contributed by atoms with Gasteiger partial charge < -0.3 is 14.5 Å². The van der Waals surface area contributed by atoms with Gasteiger partial charge in [-0.15, -0.1) is 0 Å². The van der Waals surface area contributed by atoms with Crippen molar-refractivity contribution in [3.8, 4) is 5.75 Å². The number of hydrogen-bond acceptors (Lipinski definition) is 4. The summed E-state index contributed by atoms with van der Waals surface area (Å²) in [5.41, 5.74) is 0. The normalized spacial score (nSPS) is 14.7. The van der Waals surface area contributed by atoms with E-state index in [4.69, 9.17) is 16.3 Å². The molecule has 1 saturated heterocycles. The number of benzene rings is 1. The zero-order valence-electron chi connectivity index (χ0n) is 12.7. The van der Waals surface area contributed by atoms with Crippen molar-refractivity contribution in [3.05, 3.63) is 53.7 Å². The number of aromatic nitrogens is 1. The van der Waals surface area contributed by atoms with Crippen LogP contribution in [0.4, 0.5) is 5.82 Å². The molecular formula is C17H18ClN3O2. The highest BCUT2D eigenvalue weighted by Gasteiger charge is 2.21. The maximum Gasteiger partial charge on any atom is 0.260 e. The Bertz CT molecular complexity index is 641. The molecule has 0 unspecified atom stereocenters. The van der Waals surface area contributed by atoms with Crippen molar-refractivity contribution in [2.45, 2.75) is 0 Å². The van der Waals surface area contributed by atoms with Gasteiger partial charge in [-0.25, -0.2) is 4.98 Å². The third kappa shape index (κ3) is 4.13. The first-order valence-electron chi connectivity index (χ1n) is 7.54. The Labute approximate surface area is 140 Å². The lowest BCUT2D eigenvalue weighted by atomic mass is 10.3. The summed E-state index contributed by atoms with van der Waals surface area (Å²) < 4.78 is 5.51. The van der Waals surface area contributed by atoms with Gasteiger partial charge in [-0.1, -0.05) is 17.7 Å². The molecule has 0 atom stereocenters. The van der Waals surface area contributed by atoms with Crippen LogP contribution in [0.5, 0.6) is 5.75 Å². The number of anilines is 1. The standard InChI is InChI=1S/C17H18ClN3O2/c18-14-4-6-15(7-5-14)23-13-17(22)21-11-9-20(10-12-21)16-3-1-2-8-19-16/h1-8H,9-13H2. The van der Waals surface area contributed by atoms with Crippen molar-refractivity contribution < 1.29 is 9.53 Å². The Morgan fingerprint density at radius 1 is 1.09 bits per heavy atom. The molecule has 2 heterocycles. The van der Waals surface area contributed by atoms with Gasteiger partial charge in [0.05, 0.1) is 0 Å². The minimum absolute atomic E-state index is 0.000575. The first-order valence-corrected chi connectivity index (χ1v) is 7.92. The second-order valence-corrected chi connectivity index (χ2v) is 5.73. The smallest absolute Gasteiger partial charge is 0.260 e. The van der Waals surface area contributed by atoms with E-state index in [0.717, 1.165) is 18.9 Å². The van der Waals surface area contributed by atoms with E-state index < -0.39 is 0 Å². The zero-order valence-corrected chi connectivity index (χ0v) is 13.4. The van der Waals surface area contributed by atoms with Crippen molar-refractivity contribution in [2.24, 2.45) is 0 Å². The predicted octanol–water partition coefficient (Wildman–Crippen LogP) is 2.46. The number of amides is 1. The average Bonchev–Trinajstić information content (AvgIpc) is 2.62. The molecule has 0 saturated carbocycles. The zero-order chi connectivity index (χ0) is 16.1. The van der Waals surface area contributed by atoms with Crippen LogP contribution in [0.2, 0.25) is 5.02 Å². The van der Waals surface area contributed by atoms with E-state index in [0.29, 0.717) is 23.9 Å². The lowest BCUT2D eigenvalue weighted by Crippen LogP contribution is -2.50. The monoisotopic (exact) mass is 331 g/mol. The van der Waals surface area contributed by atoms with Gasteiger partial charge in [-0.3, -0.25) is 4.79 Å². The molecule has 1 amide bonds. The van der Waals surface area contributed by atoms with E-state index in [1.807, 2.05) is 23.1 Å². The third-order valence-corrected chi connectivity index (χ3v) is 4.03. The summed E-state index contributed by atoms with van der Waals surface area (Å²) in [4.78, 5) is 20.6. The number of rotatable bonds is 4. The fourth-order valence-corrected chi connectivity index (χ4v) is 2.62. The number of piperazine rings is 1. The van der Waals surface area contributed by atoms with Gasteiger partial charge in [-0.2, -0.15) is 0 Å². The molecule has 6 heteroatoms. The number of halogens is 1. The predicted molar refractivity (Wildman–Crippen MR) is 90.0 cm³/mol. The number of hydrogen-bond donors (Lipinski definition) is 0.